The van der Waals surface area contributed by atoms with E-state index in [1.807, 2.05) is 30.5 Å². The summed E-state index contributed by atoms with van der Waals surface area (Å²) >= 11 is 1.47. The second-order valence-electron chi connectivity index (χ2n) is 4.86. The Bertz CT molecular complexity index is 584. The lowest BCUT2D eigenvalue weighted by atomic mass is 10.1. The van der Waals surface area contributed by atoms with E-state index in [2.05, 4.69) is 15.3 Å². The second-order valence-corrected chi connectivity index (χ2v) is 5.72. The minimum Gasteiger partial charge on any atom is -0.391 e. The van der Waals surface area contributed by atoms with Crippen LogP contribution >= 0.6 is 11.3 Å². The second kappa shape index (κ2) is 7.28. The first-order valence-electron chi connectivity index (χ1n) is 6.93. The molecule has 5 nitrogen and oxygen atoms in total. The van der Waals surface area contributed by atoms with Crippen molar-refractivity contribution in [3.05, 3.63) is 35.5 Å². The standard InChI is InChI=1S/C15H19N3O2S/c1-3-12(10(2)19)18-14(20)8-11-9-21-15(17-11)13-6-4-5-7-16-13/h4-7,9-10,12,19H,3,8H2,1-2H3,(H,18,20)/t10-,12+/m0/s1. The third-order valence-corrected chi connectivity index (χ3v) is 4.06. The third kappa shape index (κ3) is 4.34. The van der Waals surface area contributed by atoms with Gasteiger partial charge in [-0.1, -0.05) is 13.0 Å². The van der Waals surface area contributed by atoms with Crippen molar-refractivity contribution >= 4 is 17.2 Å². The van der Waals surface area contributed by atoms with Gasteiger partial charge in [0, 0.05) is 11.6 Å². The lowest BCUT2D eigenvalue weighted by molar-refractivity contribution is -0.122. The van der Waals surface area contributed by atoms with Crippen LogP contribution in [0.25, 0.3) is 10.7 Å². The van der Waals surface area contributed by atoms with Crippen LogP contribution in [0.4, 0.5) is 0 Å². The summed E-state index contributed by atoms with van der Waals surface area (Å²) in [5, 5.41) is 15.0. The smallest absolute Gasteiger partial charge is 0.226 e. The molecule has 2 aromatic rings. The first-order chi connectivity index (χ1) is 10.1. The summed E-state index contributed by atoms with van der Waals surface area (Å²) in [6.45, 7) is 3.61. The molecule has 6 heteroatoms. The molecule has 112 valence electrons. The maximum absolute atomic E-state index is 12.0. The number of amides is 1. The van der Waals surface area contributed by atoms with Crippen LogP contribution in [-0.2, 0) is 11.2 Å². The summed E-state index contributed by atoms with van der Waals surface area (Å²) < 4.78 is 0. The maximum Gasteiger partial charge on any atom is 0.226 e. The fourth-order valence-corrected chi connectivity index (χ4v) is 2.78. The Kier molecular flexibility index (Phi) is 5.41. The van der Waals surface area contributed by atoms with Gasteiger partial charge in [0.2, 0.25) is 5.91 Å². The molecule has 0 fully saturated rings. The summed E-state index contributed by atoms with van der Waals surface area (Å²) in [4.78, 5) is 20.6. The largest absolute Gasteiger partial charge is 0.391 e. The van der Waals surface area contributed by atoms with Gasteiger partial charge in [-0.05, 0) is 25.5 Å². The molecule has 0 aliphatic heterocycles. The molecule has 0 radical (unpaired) electrons. The molecule has 2 aromatic heterocycles. The van der Waals surface area contributed by atoms with E-state index in [1.54, 1.807) is 13.1 Å². The number of carbonyl (C=O) groups excluding carboxylic acids is 1. The van der Waals surface area contributed by atoms with Gasteiger partial charge < -0.3 is 10.4 Å². The molecule has 0 aromatic carbocycles. The zero-order valence-corrected chi connectivity index (χ0v) is 12.9. The third-order valence-electron chi connectivity index (χ3n) is 3.15. The fraction of sp³-hybridized carbons (Fsp3) is 0.400. The van der Waals surface area contributed by atoms with Crippen LogP contribution in [0.5, 0.6) is 0 Å². The molecule has 0 saturated carbocycles. The number of aromatic nitrogens is 2. The zero-order chi connectivity index (χ0) is 15.2. The maximum atomic E-state index is 12.0. The Morgan fingerprint density at radius 3 is 2.90 bits per heavy atom. The van der Waals surface area contributed by atoms with Gasteiger partial charge in [-0.3, -0.25) is 9.78 Å². The first-order valence-corrected chi connectivity index (χ1v) is 7.81. The van der Waals surface area contributed by atoms with Crippen molar-refractivity contribution in [1.29, 1.82) is 0 Å². The Morgan fingerprint density at radius 2 is 2.29 bits per heavy atom. The van der Waals surface area contributed by atoms with Crippen LogP contribution in [0.3, 0.4) is 0 Å². The summed E-state index contributed by atoms with van der Waals surface area (Å²) in [6, 6.07) is 5.44. The molecule has 2 N–H and O–H groups in total. The van der Waals surface area contributed by atoms with E-state index >= 15 is 0 Å². The van der Waals surface area contributed by atoms with Crippen molar-refractivity contribution < 1.29 is 9.90 Å². The van der Waals surface area contributed by atoms with Crippen LogP contribution in [0.1, 0.15) is 26.0 Å². The predicted molar refractivity (Wildman–Crippen MR) is 83.0 cm³/mol. The number of nitrogens with one attached hydrogen (secondary N) is 1. The molecule has 21 heavy (non-hydrogen) atoms. The van der Waals surface area contributed by atoms with E-state index in [-0.39, 0.29) is 18.4 Å². The van der Waals surface area contributed by atoms with Crippen molar-refractivity contribution in [2.45, 2.75) is 38.8 Å². The number of hydrogen-bond donors (Lipinski definition) is 2. The van der Waals surface area contributed by atoms with E-state index in [9.17, 15) is 9.90 Å². The van der Waals surface area contributed by atoms with E-state index in [0.717, 1.165) is 16.4 Å². The van der Waals surface area contributed by atoms with Crippen molar-refractivity contribution in [3.8, 4) is 10.7 Å². The molecular weight excluding hydrogens is 286 g/mol. The van der Waals surface area contributed by atoms with E-state index in [4.69, 9.17) is 0 Å². The summed E-state index contributed by atoms with van der Waals surface area (Å²) in [5.74, 6) is -0.124. The van der Waals surface area contributed by atoms with Gasteiger partial charge in [0.05, 0.1) is 30.0 Å². The monoisotopic (exact) mass is 305 g/mol. The highest BCUT2D eigenvalue weighted by Gasteiger charge is 2.16. The highest BCUT2D eigenvalue weighted by Crippen LogP contribution is 2.21. The number of thiazole rings is 1. The van der Waals surface area contributed by atoms with Gasteiger partial charge in [0.15, 0.2) is 0 Å². The minimum absolute atomic E-state index is 0.124. The Labute approximate surface area is 128 Å². The first kappa shape index (κ1) is 15.6. The minimum atomic E-state index is -0.557. The van der Waals surface area contributed by atoms with Crippen LogP contribution < -0.4 is 5.32 Å². The van der Waals surface area contributed by atoms with Gasteiger partial charge in [-0.25, -0.2) is 4.98 Å². The number of aliphatic hydroxyl groups excluding tert-OH is 1. The molecule has 2 heterocycles. The summed E-state index contributed by atoms with van der Waals surface area (Å²) in [7, 11) is 0. The Balaban J connectivity index is 1.98. The average Bonchev–Trinajstić information content (AvgIpc) is 2.93. The van der Waals surface area contributed by atoms with E-state index in [0.29, 0.717) is 6.42 Å². The summed E-state index contributed by atoms with van der Waals surface area (Å²) in [6.07, 6.45) is 2.07. The quantitative estimate of drug-likeness (QED) is 0.856. The highest BCUT2D eigenvalue weighted by atomic mass is 32.1. The number of pyridine rings is 1. The van der Waals surface area contributed by atoms with Crippen molar-refractivity contribution in [3.63, 3.8) is 0 Å². The normalized spacial score (nSPS) is 13.7. The van der Waals surface area contributed by atoms with Crippen LogP contribution in [0.2, 0.25) is 0 Å². The molecule has 1 amide bonds. The molecule has 2 atom stereocenters. The van der Waals surface area contributed by atoms with Gasteiger partial charge in [0.25, 0.3) is 0 Å². The highest BCUT2D eigenvalue weighted by molar-refractivity contribution is 7.13. The fourth-order valence-electron chi connectivity index (χ4n) is 1.98. The topological polar surface area (TPSA) is 75.1 Å². The molecule has 2 rings (SSSR count). The zero-order valence-electron chi connectivity index (χ0n) is 12.1. The number of carbonyl (C=O) groups is 1. The Morgan fingerprint density at radius 1 is 1.48 bits per heavy atom. The molecule has 0 saturated heterocycles. The summed E-state index contributed by atoms with van der Waals surface area (Å²) in [5.41, 5.74) is 1.53. The molecule has 0 aliphatic carbocycles. The predicted octanol–water partition coefficient (Wildman–Crippen LogP) is 2.02. The van der Waals surface area contributed by atoms with Crippen molar-refractivity contribution in [2.75, 3.05) is 0 Å². The van der Waals surface area contributed by atoms with Crippen LogP contribution in [-0.4, -0.2) is 33.1 Å². The van der Waals surface area contributed by atoms with Crippen LogP contribution in [0, 0.1) is 0 Å². The number of rotatable bonds is 6. The molecule has 0 bridgehead atoms. The molecular formula is C15H19N3O2S. The lowest BCUT2D eigenvalue weighted by Crippen LogP contribution is -2.42. The average molecular weight is 305 g/mol. The van der Waals surface area contributed by atoms with Gasteiger partial charge in [-0.15, -0.1) is 11.3 Å². The number of hydrogen-bond acceptors (Lipinski definition) is 5. The number of nitrogens with zero attached hydrogens (tertiary/aromatic N) is 2. The van der Waals surface area contributed by atoms with Crippen molar-refractivity contribution in [1.82, 2.24) is 15.3 Å². The van der Waals surface area contributed by atoms with Gasteiger partial charge >= 0.3 is 0 Å². The Hall–Kier alpha value is -1.79. The SMILES string of the molecule is CC[C@@H](NC(=O)Cc1csc(-c2ccccn2)n1)[C@H](C)O. The molecule has 0 spiro atoms. The van der Waals surface area contributed by atoms with E-state index < -0.39 is 6.10 Å². The van der Waals surface area contributed by atoms with Crippen LogP contribution in [0.15, 0.2) is 29.8 Å². The number of aliphatic hydroxyl groups is 1. The van der Waals surface area contributed by atoms with Gasteiger partial charge in [0.1, 0.15) is 5.01 Å². The van der Waals surface area contributed by atoms with Crippen molar-refractivity contribution in [2.24, 2.45) is 0 Å². The molecule has 0 aliphatic rings. The molecule has 0 unspecified atom stereocenters. The van der Waals surface area contributed by atoms with Gasteiger partial charge in [-0.2, -0.15) is 0 Å². The lowest BCUT2D eigenvalue weighted by Gasteiger charge is -2.19. The van der Waals surface area contributed by atoms with E-state index in [1.165, 1.54) is 11.3 Å².